The molecule has 0 aromatic carbocycles. The second-order valence-corrected chi connectivity index (χ2v) is 7.07. The third kappa shape index (κ3) is 2.26. The molecule has 1 spiro atoms. The lowest BCUT2D eigenvalue weighted by Crippen LogP contribution is -2.68. The summed E-state index contributed by atoms with van der Waals surface area (Å²) in [6.45, 7) is 12.3. The Morgan fingerprint density at radius 1 is 1.35 bits per heavy atom. The number of rotatable bonds is 4. The zero-order valence-corrected chi connectivity index (χ0v) is 12.2. The van der Waals surface area contributed by atoms with E-state index in [9.17, 15) is 0 Å². The molecule has 2 nitrogen and oxygen atoms in total. The van der Waals surface area contributed by atoms with Gasteiger partial charge in [0.25, 0.3) is 0 Å². The standard InChI is InChI=1S/C15H29NO/c1-6-17-13-10-12(15(13)8-7-9-15)16-11(2)14(3,4)5/h11-13,16H,6-10H2,1-5H3. The summed E-state index contributed by atoms with van der Waals surface area (Å²) in [7, 11) is 0. The Morgan fingerprint density at radius 2 is 2.00 bits per heavy atom. The number of hydrogen-bond acceptors (Lipinski definition) is 2. The molecule has 0 radical (unpaired) electrons. The highest BCUT2D eigenvalue weighted by Crippen LogP contribution is 2.57. The number of ether oxygens (including phenoxy) is 1. The number of hydrogen-bond donors (Lipinski definition) is 1. The SMILES string of the molecule is CCOC1CC(NC(C)C(C)(C)C)C12CCC2. The minimum Gasteiger partial charge on any atom is -0.378 e. The molecule has 3 atom stereocenters. The third-order valence-corrected chi connectivity index (χ3v) is 5.19. The van der Waals surface area contributed by atoms with E-state index < -0.39 is 0 Å². The van der Waals surface area contributed by atoms with E-state index in [0.29, 0.717) is 29.0 Å². The van der Waals surface area contributed by atoms with Crippen LogP contribution in [0.1, 0.15) is 60.3 Å². The van der Waals surface area contributed by atoms with Crippen molar-refractivity contribution in [3.63, 3.8) is 0 Å². The Labute approximate surface area is 107 Å². The first-order chi connectivity index (χ1) is 7.90. The molecule has 100 valence electrons. The van der Waals surface area contributed by atoms with Gasteiger partial charge in [0.15, 0.2) is 0 Å². The highest BCUT2D eigenvalue weighted by molar-refractivity contribution is 5.12. The molecule has 2 saturated carbocycles. The molecule has 0 saturated heterocycles. The second kappa shape index (κ2) is 4.55. The maximum atomic E-state index is 5.89. The Kier molecular flexibility index (Phi) is 3.57. The van der Waals surface area contributed by atoms with Crippen molar-refractivity contribution in [3.05, 3.63) is 0 Å². The van der Waals surface area contributed by atoms with Crippen LogP contribution in [0.25, 0.3) is 0 Å². The van der Waals surface area contributed by atoms with Crippen LogP contribution in [0.2, 0.25) is 0 Å². The van der Waals surface area contributed by atoms with Crippen molar-refractivity contribution >= 4 is 0 Å². The summed E-state index contributed by atoms with van der Waals surface area (Å²) in [5, 5.41) is 3.86. The lowest BCUT2D eigenvalue weighted by Gasteiger charge is -2.62. The minimum atomic E-state index is 0.349. The normalized spacial score (nSPS) is 33.0. The molecule has 0 amide bonds. The van der Waals surface area contributed by atoms with Gasteiger partial charge in [-0.05, 0) is 38.5 Å². The van der Waals surface area contributed by atoms with E-state index in [1.54, 1.807) is 0 Å². The number of nitrogens with one attached hydrogen (secondary N) is 1. The molecule has 2 rings (SSSR count). The fourth-order valence-electron chi connectivity index (χ4n) is 3.22. The van der Waals surface area contributed by atoms with Gasteiger partial charge in [-0.2, -0.15) is 0 Å². The summed E-state index contributed by atoms with van der Waals surface area (Å²) >= 11 is 0. The molecule has 0 aliphatic heterocycles. The van der Waals surface area contributed by atoms with Crippen LogP contribution < -0.4 is 5.32 Å². The molecule has 2 fully saturated rings. The van der Waals surface area contributed by atoms with Crippen LogP contribution in [0.3, 0.4) is 0 Å². The topological polar surface area (TPSA) is 21.3 Å². The van der Waals surface area contributed by atoms with Crippen molar-refractivity contribution in [2.75, 3.05) is 6.61 Å². The van der Waals surface area contributed by atoms with Crippen molar-refractivity contribution in [1.82, 2.24) is 5.32 Å². The maximum absolute atomic E-state index is 5.89. The minimum absolute atomic E-state index is 0.349. The summed E-state index contributed by atoms with van der Waals surface area (Å²) in [5.74, 6) is 0. The molecule has 2 heteroatoms. The highest BCUT2D eigenvalue weighted by atomic mass is 16.5. The van der Waals surface area contributed by atoms with E-state index in [1.165, 1.54) is 25.7 Å². The average Bonchev–Trinajstić information content (AvgIpc) is 2.11. The molecule has 17 heavy (non-hydrogen) atoms. The average molecular weight is 239 g/mol. The first-order valence-electron chi connectivity index (χ1n) is 7.28. The third-order valence-electron chi connectivity index (χ3n) is 5.19. The molecule has 0 heterocycles. The van der Waals surface area contributed by atoms with Gasteiger partial charge in [-0.15, -0.1) is 0 Å². The second-order valence-electron chi connectivity index (χ2n) is 7.07. The predicted octanol–water partition coefficient (Wildman–Crippen LogP) is 3.36. The Hall–Kier alpha value is -0.0800. The molecule has 3 unspecified atom stereocenters. The van der Waals surface area contributed by atoms with Crippen LogP contribution in [0.5, 0.6) is 0 Å². The van der Waals surface area contributed by atoms with Crippen LogP contribution in [-0.4, -0.2) is 24.8 Å². The van der Waals surface area contributed by atoms with Crippen LogP contribution in [0.4, 0.5) is 0 Å². The van der Waals surface area contributed by atoms with Gasteiger partial charge in [0, 0.05) is 24.1 Å². The fraction of sp³-hybridized carbons (Fsp3) is 1.00. The van der Waals surface area contributed by atoms with Crippen molar-refractivity contribution in [1.29, 1.82) is 0 Å². The van der Waals surface area contributed by atoms with E-state index >= 15 is 0 Å². The van der Waals surface area contributed by atoms with Gasteiger partial charge in [0.05, 0.1) is 6.10 Å². The van der Waals surface area contributed by atoms with Gasteiger partial charge in [-0.25, -0.2) is 0 Å². The van der Waals surface area contributed by atoms with Crippen LogP contribution in [0.15, 0.2) is 0 Å². The van der Waals surface area contributed by atoms with E-state index in [1.807, 2.05) is 0 Å². The quantitative estimate of drug-likeness (QED) is 0.812. The molecule has 1 N–H and O–H groups in total. The van der Waals surface area contributed by atoms with Gasteiger partial charge in [0.1, 0.15) is 0 Å². The lowest BCUT2D eigenvalue weighted by molar-refractivity contribution is -0.176. The van der Waals surface area contributed by atoms with Gasteiger partial charge in [0.2, 0.25) is 0 Å². The summed E-state index contributed by atoms with van der Waals surface area (Å²) in [5.41, 5.74) is 0.844. The molecule has 0 bridgehead atoms. The largest absolute Gasteiger partial charge is 0.378 e. The summed E-state index contributed by atoms with van der Waals surface area (Å²) in [6.07, 6.45) is 5.88. The van der Waals surface area contributed by atoms with E-state index in [2.05, 4.69) is 39.9 Å². The molecule has 2 aliphatic rings. The zero-order valence-electron chi connectivity index (χ0n) is 12.2. The Morgan fingerprint density at radius 3 is 2.41 bits per heavy atom. The predicted molar refractivity (Wildman–Crippen MR) is 72.2 cm³/mol. The smallest absolute Gasteiger partial charge is 0.0661 e. The van der Waals surface area contributed by atoms with Gasteiger partial charge < -0.3 is 10.1 Å². The van der Waals surface area contributed by atoms with Crippen LogP contribution in [-0.2, 0) is 4.74 Å². The Bertz CT molecular complexity index is 265. The monoisotopic (exact) mass is 239 g/mol. The van der Waals surface area contributed by atoms with Gasteiger partial charge >= 0.3 is 0 Å². The lowest BCUT2D eigenvalue weighted by atomic mass is 9.50. The fourth-order valence-corrected chi connectivity index (χ4v) is 3.22. The van der Waals surface area contributed by atoms with E-state index in [0.717, 1.165) is 6.61 Å². The van der Waals surface area contributed by atoms with Crippen LogP contribution >= 0.6 is 0 Å². The zero-order chi connectivity index (χ0) is 12.7. The van der Waals surface area contributed by atoms with E-state index in [4.69, 9.17) is 4.74 Å². The summed E-state index contributed by atoms with van der Waals surface area (Å²) in [6, 6.07) is 1.27. The first kappa shape index (κ1) is 13.4. The van der Waals surface area contributed by atoms with Crippen molar-refractivity contribution in [2.24, 2.45) is 10.8 Å². The summed E-state index contributed by atoms with van der Waals surface area (Å²) < 4.78 is 5.89. The Balaban J connectivity index is 1.91. The molecule has 2 aliphatic carbocycles. The van der Waals surface area contributed by atoms with Gasteiger partial charge in [-0.1, -0.05) is 27.2 Å². The van der Waals surface area contributed by atoms with Gasteiger partial charge in [-0.3, -0.25) is 0 Å². The molecular weight excluding hydrogens is 210 g/mol. The van der Waals surface area contributed by atoms with E-state index in [-0.39, 0.29) is 0 Å². The molecular formula is C15H29NO. The molecule has 0 aromatic rings. The molecule has 0 aromatic heterocycles. The van der Waals surface area contributed by atoms with Crippen molar-refractivity contribution < 1.29 is 4.74 Å². The summed E-state index contributed by atoms with van der Waals surface area (Å²) in [4.78, 5) is 0. The van der Waals surface area contributed by atoms with Crippen molar-refractivity contribution in [2.45, 2.75) is 78.5 Å². The highest BCUT2D eigenvalue weighted by Gasteiger charge is 2.59. The maximum Gasteiger partial charge on any atom is 0.0661 e. The first-order valence-corrected chi connectivity index (χ1v) is 7.28. The van der Waals surface area contributed by atoms with Crippen molar-refractivity contribution in [3.8, 4) is 0 Å². The van der Waals surface area contributed by atoms with Crippen LogP contribution in [0, 0.1) is 10.8 Å².